The van der Waals surface area contributed by atoms with Gasteiger partial charge < -0.3 is 15.5 Å². The zero-order chi connectivity index (χ0) is 18.4. The number of amides is 1. The Morgan fingerprint density at radius 1 is 1.08 bits per heavy atom. The zero-order valence-electron chi connectivity index (χ0n) is 15.8. The summed E-state index contributed by atoms with van der Waals surface area (Å²) in [6.07, 6.45) is 2.99. The summed E-state index contributed by atoms with van der Waals surface area (Å²) in [6.45, 7) is 7.27. The van der Waals surface area contributed by atoms with Crippen LogP contribution in [0.5, 0.6) is 0 Å². The highest BCUT2D eigenvalue weighted by molar-refractivity contribution is 5.91. The van der Waals surface area contributed by atoms with Crippen LogP contribution >= 0.6 is 0 Å². The van der Waals surface area contributed by atoms with Crippen molar-refractivity contribution in [1.29, 1.82) is 0 Å². The number of nitrogens with zero attached hydrogens (tertiary/aromatic N) is 1. The van der Waals surface area contributed by atoms with Gasteiger partial charge >= 0.3 is 0 Å². The minimum Gasteiger partial charge on any atom is -0.385 e. The van der Waals surface area contributed by atoms with Gasteiger partial charge in [-0.25, -0.2) is 0 Å². The molecule has 0 saturated carbocycles. The lowest BCUT2D eigenvalue weighted by atomic mass is 9.99. The molecule has 0 bridgehead atoms. The maximum Gasteiger partial charge on any atom is 0.226 e. The molecule has 1 fully saturated rings. The molecule has 138 valence electrons. The van der Waals surface area contributed by atoms with E-state index in [1.54, 1.807) is 0 Å². The van der Waals surface area contributed by atoms with Gasteiger partial charge in [0.15, 0.2) is 0 Å². The lowest BCUT2D eigenvalue weighted by Crippen LogP contribution is -2.32. The number of nitrogens with one attached hydrogen (secondary N) is 2. The molecule has 1 saturated heterocycles. The number of rotatable bonds is 6. The molecule has 0 unspecified atom stereocenters. The second-order valence-corrected chi connectivity index (χ2v) is 7.31. The van der Waals surface area contributed by atoms with Crippen molar-refractivity contribution < 1.29 is 4.79 Å². The number of anilines is 3. The molecule has 1 aliphatic rings. The van der Waals surface area contributed by atoms with Gasteiger partial charge in [0, 0.05) is 43.1 Å². The molecular weight excluding hydrogens is 322 g/mol. The summed E-state index contributed by atoms with van der Waals surface area (Å²) < 4.78 is 0. The minimum absolute atomic E-state index is 0.0298. The van der Waals surface area contributed by atoms with Gasteiger partial charge in [-0.3, -0.25) is 4.79 Å². The second kappa shape index (κ2) is 8.75. The monoisotopic (exact) mass is 351 g/mol. The van der Waals surface area contributed by atoms with Crippen LogP contribution in [0, 0.1) is 12.8 Å². The van der Waals surface area contributed by atoms with E-state index in [4.69, 9.17) is 0 Å². The molecule has 0 atom stereocenters. The largest absolute Gasteiger partial charge is 0.385 e. The first-order chi connectivity index (χ1) is 12.6. The Kier molecular flexibility index (Phi) is 6.16. The van der Waals surface area contributed by atoms with Crippen LogP contribution in [0.4, 0.5) is 17.1 Å². The summed E-state index contributed by atoms with van der Waals surface area (Å²) in [7, 11) is 0. The number of benzene rings is 2. The van der Waals surface area contributed by atoms with Crippen molar-refractivity contribution in [3.8, 4) is 0 Å². The lowest BCUT2D eigenvalue weighted by molar-refractivity contribution is -0.115. The Morgan fingerprint density at radius 3 is 2.50 bits per heavy atom. The van der Waals surface area contributed by atoms with Gasteiger partial charge in [-0.1, -0.05) is 19.1 Å². The number of piperidine rings is 1. The molecule has 0 aliphatic carbocycles. The summed E-state index contributed by atoms with van der Waals surface area (Å²) in [5.41, 5.74) is 4.35. The number of hydrogen-bond donors (Lipinski definition) is 2. The number of hydrogen-bond acceptors (Lipinski definition) is 3. The predicted octanol–water partition coefficient (Wildman–Crippen LogP) is 4.67. The normalized spacial score (nSPS) is 14.9. The molecule has 2 N–H and O–H groups in total. The predicted molar refractivity (Wildman–Crippen MR) is 110 cm³/mol. The van der Waals surface area contributed by atoms with E-state index < -0.39 is 0 Å². The summed E-state index contributed by atoms with van der Waals surface area (Å²) in [5, 5.41) is 6.27. The first kappa shape index (κ1) is 18.3. The topological polar surface area (TPSA) is 44.4 Å². The SMILES string of the molecule is Cc1cccc(NC(=O)CCNc2ccc(N3CCC(C)CC3)cc2)c1. The third-order valence-electron chi connectivity index (χ3n) is 5.00. The first-order valence-electron chi connectivity index (χ1n) is 9.55. The smallest absolute Gasteiger partial charge is 0.226 e. The number of carbonyl (C=O) groups is 1. The number of aryl methyl sites for hydroxylation is 1. The fourth-order valence-corrected chi connectivity index (χ4v) is 3.32. The summed E-state index contributed by atoms with van der Waals surface area (Å²) in [4.78, 5) is 14.5. The fraction of sp³-hybridized carbons (Fsp3) is 0.409. The van der Waals surface area contributed by atoms with Crippen molar-refractivity contribution in [1.82, 2.24) is 0 Å². The van der Waals surface area contributed by atoms with Crippen molar-refractivity contribution in [2.24, 2.45) is 5.92 Å². The van der Waals surface area contributed by atoms with Crippen LogP contribution in [-0.4, -0.2) is 25.5 Å². The van der Waals surface area contributed by atoms with E-state index in [-0.39, 0.29) is 5.91 Å². The first-order valence-corrected chi connectivity index (χ1v) is 9.55. The molecular formula is C22H29N3O. The Morgan fingerprint density at radius 2 is 1.81 bits per heavy atom. The minimum atomic E-state index is 0.0298. The van der Waals surface area contributed by atoms with Gasteiger partial charge in [0.2, 0.25) is 5.91 Å². The Labute approximate surface area is 156 Å². The van der Waals surface area contributed by atoms with E-state index in [0.717, 1.165) is 35.9 Å². The Hall–Kier alpha value is -2.49. The van der Waals surface area contributed by atoms with Gasteiger partial charge in [-0.05, 0) is 67.6 Å². The molecule has 1 aliphatic heterocycles. The summed E-state index contributed by atoms with van der Waals surface area (Å²) in [5.74, 6) is 0.875. The maximum atomic E-state index is 12.0. The van der Waals surface area contributed by atoms with Gasteiger partial charge in [-0.2, -0.15) is 0 Å². The third-order valence-corrected chi connectivity index (χ3v) is 5.00. The molecule has 2 aromatic carbocycles. The lowest BCUT2D eigenvalue weighted by Gasteiger charge is -2.32. The second-order valence-electron chi connectivity index (χ2n) is 7.31. The van der Waals surface area contributed by atoms with Gasteiger partial charge in [0.1, 0.15) is 0 Å². The highest BCUT2D eigenvalue weighted by atomic mass is 16.1. The zero-order valence-corrected chi connectivity index (χ0v) is 15.8. The maximum absolute atomic E-state index is 12.0. The average Bonchev–Trinajstić information content (AvgIpc) is 2.63. The van der Waals surface area contributed by atoms with Crippen molar-refractivity contribution in [2.45, 2.75) is 33.1 Å². The molecule has 0 radical (unpaired) electrons. The molecule has 0 aromatic heterocycles. The molecule has 2 aromatic rings. The van der Waals surface area contributed by atoms with Crippen LogP contribution in [0.2, 0.25) is 0 Å². The molecule has 26 heavy (non-hydrogen) atoms. The molecule has 0 spiro atoms. The van der Waals surface area contributed by atoms with E-state index in [2.05, 4.69) is 46.7 Å². The summed E-state index contributed by atoms with van der Waals surface area (Å²) in [6, 6.07) is 16.4. The van der Waals surface area contributed by atoms with Crippen LogP contribution < -0.4 is 15.5 Å². The quantitative estimate of drug-likeness (QED) is 0.795. The van der Waals surface area contributed by atoms with E-state index in [1.807, 2.05) is 31.2 Å². The van der Waals surface area contributed by atoms with Gasteiger partial charge in [-0.15, -0.1) is 0 Å². The van der Waals surface area contributed by atoms with Crippen molar-refractivity contribution in [2.75, 3.05) is 35.2 Å². The standard InChI is InChI=1S/C22H29N3O/c1-17-11-14-25(15-12-17)21-8-6-19(7-9-21)23-13-10-22(26)24-20-5-3-4-18(2)16-20/h3-9,16-17,23H,10-15H2,1-2H3,(H,24,26). The average molecular weight is 351 g/mol. The van der Waals surface area contributed by atoms with Crippen LogP contribution in [0.1, 0.15) is 31.7 Å². The van der Waals surface area contributed by atoms with Crippen LogP contribution in [-0.2, 0) is 4.79 Å². The molecule has 4 nitrogen and oxygen atoms in total. The number of carbonyl (C=O) groups excluding carboxylic acids is 1. The highest BCUT2D eigenvalue weighted by Crippen LogP contribution is 2.24. The van der Waals surface area contributed by atoms with Crippen molar-refractivity contribution in [3.63, 3.8) is 0 Å². The molecule has 1 amide bonds. The van der Waals surface area contributed by atoms with Crippen molar-refractivity contribution >= 4 is 23.0 Å². The molecule has 3 rings (SSSR count). The molecule has 1 heterocycles. The van der Waals surface area contributed by atoms with E-state index in [1.165, 1.54) is 18.5 Å². The van der Waals surface area contributed by atoms with Crippen LogP contribution in [0.15, 0.2) is 48.5 Å². The third kappa shape index (κ3) is 5.25. The van der Waals surface area contributed by atoms with E-state index in [0.29, 0.717) is 13.0 Å². The highest BCUT2D eigenvalue weighted by Gasteiger charge is 2.15. The molecule has 4 heteroatoms. The summed E-state index contributed by atoms with van der Waals surface area (Å²) >= 11 is 0. The van der Waals surface area contributed by atoms with E-state index >= 15 is 0 Å². The van der Waals surface area contributed by atoms with Crippen molar-refractivity contribution in [3.05, 3.63) is 54.1 Å². The Balaban J connectivity index is 1.42. The van der Waals surface area contributed by atoms with Gasteiger partial charge in [0.05, 0.1) is 0 Å². The van der Waals surface area contributed by atoms with Crippen LogP contribution in [0.25, 0.3) is 0 Å². The van der Waals surface area contributed by atoms with Crippen LogP contribution in [0.3, 0.4) is 0 Å². The van der Waals surface area contributed by atoms with E-state index in [9.17, 15) is 4.79 Å². The fourth-order valence-electron chi connectivity index (χ4n) is 3.32. The Bertz CT molecular complexity index is 718. The van der Waals surface area contributed by atoms with Gasteiger partial charge in [0.25, 0.3) is 0 Å².